The number of furan rings is 1. The number of nitro groups is 1. The summed E-state index contributed by atoms with van der Waals surface area (Å²) in [4.78, 5) is 34.9. The van der Waals surface area contributed by atoms with E-state index in [1.165, 1.54) is 30.4 Å². The molecule has 0 spiro atoms. The first-order valence-corrected chi connectivity index (χ1v) is 10.7. The Bertz CT molecular complexity index is 1140. The quantitative estimate of drug-likeness (QED) is 0.384. The lowest BCUT2D eigenvalue weighted by Crippen LogP contribution is -2.32. The number of esters is 2. The van der Waals surface area contributed by atoms with Crippen molar-refractivity contribution in [3.05, 3.63) is 85.9 Å². The third-order valence-corrected chi connectivity index (χ3v) is 5.49. The molecular weight excluding hydrogens is 442 g/mol. The van der Waals surface area contributed by atoms with Crippen molar-refractivity contribution in [2.24, 2.45) is 0 Å². The van der Waals surface area contributed by atoms with Crippen molar-refractivity contribution < 1.29 is 28.4 Å². The van der Waals surface area contributed by atoms with E-state index in [0.717, 1.165) is 13.1 Å². The molecule has 2 aliphatic rings. The predicted octanol–water partition coefficient (Wildman–Crippen LogP) is 3.45. The number of hydrogen-bond acceptors (Lipinski definition) is 9. The minimum atomic E-state index is -0.971. The van der Waals surface area contributed by atoms with Gasteiger partial charge in [-0.05, 0) is 38.0 Å². The smallest absolute Gasteiger partial charge is 0.433 e. The lowest BCUT2D eigenvalue weighted by atomic mass is 9.83. The van der Waals surface area contributed by atoms with E-state index in [1.807, 2.05) is 0 Å². The third kappa shape index (κ3) is 5.18. The van der Waals surface area contributed by atoms with Crippen molar-refractivity contribution in [3.63, 3.8) is 0 Å². The van der Waals surface area contributed by atoms with Gasteiger partial charge in [-0.15, -0.1) is 0 Å². The molecule has 1 atom stereocenters. The Morgan fingerprint density at radius 2 is 1.65 bits per heavy atom. The second-order valence-electron chi connectivity index (χ2n) is 7.65. The van der Waals surface area contributed by atoms with E-state index >= 15 is 0 Å². The number of hydrogen-bond donors (Lipinski definition) is 2. The van der Waals surface area contributed by atoms with Crippen LogP contribution >= 0.6 is 0 Å². The molecule has 1 unspecified atom stereocenters. The molecule has 3 heterocycles. The Morgan fingerprint density at radius 3 is 2.15 bits per heavy atom. The monoisotopic (exact) mass is 469 g/mol. The van der Waals surface area contributed by atoms with Crippen LogP contribution in [-0.4, -0.2) is 30.6 Å². The van der Waals surface area contributed by atoms with Crippen molar-refractivity contribution in [1.82, 2.24) is 10.6 Å². The molecule has 0 amide bonds. The molecule has 0 bridgehead atoms. The van der Waals surface area contributed by atoms with Crippen LogP contribution in [0.4, 0.5) is 5.88 Å². The van der Waals surface area contributed by atoms with Crippen LogP contribution in [0.3, 0.4) is 0 Å². The van der Waals surface area contributed by atoms with Gasteiger partial charge in [0.25, 0.3) is 0 Å². The van der Waals surface area contributed by atoms with Crippen molar-refractivity contribution in [2.45, 2.75) is 39.8 Å². The fraction of sp³-hybridized carbons (Fsp3) is 0.333. The molecule has 0 saturated carbocycles. The van der Waals surface area contributed by atoms with Crippen molar-refractivity contribution >= 4 is 17.8 Å². The predicted molar refractivity (Wildman–Crippen MR) is 122 cm³/mol. The molecule has 0 aliphatic carbocycles. The van der Waals surface area contributed by atoms with Crippen molar-refractivity contribution in [1.29, 1.82) is 0 Å². The summed E-state index contributed by atoms with van der Waals surface area (Å²) in [6, 6.07) is 11.1. The SMILES string of the molecule is CCOC(=O)C1=C(C)NC(C)=C(C(=O)OC)C1c1ccc([N+](=O)[O-])o1.c1ccc2c(c1)CNC2. The molecule has 1 aromatic heterocycles. The highest BCUT2D eigenvalue weighted by molar-refractivity contribution is 5.99. The van der Waals surface area contributed by atoms with E-state index in [0.29, 0.717) is 11.4 Å². The third-order valence-electron chi connectivity index (χ3n) is 5.49. The summed E-state index contributed by atoms with van der Waals surface area (Å²) < 4.78 is 15.1. The van der Waals surface area contributed by atoms with E-state index in [2.05, 4.69) is 34.9 Å². The number of benzene rings is 1. The first-order valence-electron chi connectivity index (χ1n) is 10.7. The Balaban J connectivity index is 0.000000296. The van der Waals surface area contributed by atoms with Gasteiger partial charge in [-0.25, -0.2) is 9.59 Å². The van der Waals surface area contributed by atoms with Gasteiger partial charge in [0, 0.05) is 24.5 Å². The average Bonchev–Trinajstić information content (AvgIpc) is 3.48. The lowest BCUT2D eigenvalue weighted by molar-refractivity contribution is -0.402. The zero-order valence-corrected chi connectivity index (χ0v) is 19.5. The summed E-state index contributed by atoms with van der Waals surface area (Å²) >= 11 is 0. The van der Waals surface area contributed by atoms with Crippen molar-refractivity contribution in [3.8, 4) is 0 Å². The van der Waals surface area contributed by atoms with Crippen LogP contribution in [0.5, 0.6) is 0 Å². The molecule has 0 fully saturated rings. The topological polar surface area (TPSA) is 133 Å². The number of nitrogens with one attached hydrogen (secondary N) is 2. The van der Waals surface area contributed by atoms with Crippen LogP contribution in [0.1, 0.15) is 43.6 Å². The molecule has 180 valence electrons. The van der Waals surface area contributed by atoms with Crippen LogP contribution in [0.25, 0.3) is 0 Å². The summed E-state index contributed by atoms with van der Waals surface area (Å²) in [6.07, 6.45) is 0. The van der Waals surface area contributed by atoms with Crippen LogP contribution in [-0.2, 0) is 32.2 Å². The maximum absolute atomic E-state index is 12.4. The molecule has 0 saturated heterocycles. The number of dihydropyridines is 1. The molecule has 0 radical (unpaired) electrons. The largest absolute Gasteiger partial charge is 0.466 e. The Kier molecular flexibility index (Phi) is 7.85. The lowest BCUT2D eigenvalue weighted by Gasteiger charge is -2.28. The number of ether oxygens (including phenoxy) is 2. The second-order valence-corrected chi connectivity index (χ2v) is 7.65. The van der Waals surface area contributed by atoms with Gasteiger partial charge < -0.3 is 24.5 Å². The Morgan fingerprint density at radius 1 is 1.06 bits per heavy atom. The zero-order chi connectivity index (χ0) is 24.8. The molecule has 2 N–H and O–H groups in total. The molecule has 10 heteroatoms. The summed E-state index contributed by atoms with van der Waals surface area (Å²) in [5, 5.41) is 17.1. The number of rotatable bonds is 5. The van der Waals surface area contributed by atoms with Gasteiger partial charge in [0.05, 0.1) is 36.8 Å². The molecule has 4 rings (SSSR count). The maximum Gasteiger partial charge on any atom is 0.433 e. The van der Waals surface area contributed by atoms with E-state index in [9.17, 15) is 19.7 Å². The number of fused-ring (bicyclic) bond motifs is 1. The van der Waals surface area contributed by atoms with E-state index in [1.54, 1.807) is 20.8 Å². The van der Waals surface area contributed by atoms with E-state index in [-0.39, 0.29) is 23.5 Å². The minimum absolute atomic E-state index is 0.0790. The summed E-state index contributed by atoms with van der Waals surface area (Å²) in [6.45, 7) is 7.18. The first-order chi connectivity index (χ1) is 16.3. The number of nitrogens with zero attached hydrogens (tertiary/aromatic N) is 1. The maximum atomic E-state index is 12.4. The van der Waals surface area contributed by atoms with Crippen LogP contribution < -0.4 is 10.6 Å². The van der Waals surface area contributed by atoms with Crippen LogP contribution in [0.15, 0.2) is 63.4 Å². The summed E-state index contributed by atoms with van der Waals surface area (Å²) in [5.41, 5.74) is 4.10. The highest BCUT2D eigenvalue weighted by Crippen LogP contribution is 2.40. The molecule has 2 aromatic rings. The number of carbonyl (C=O) groups excluding carboxylic acids is 2. The van der Waals surface area contributed by atoms with Gasteiger partial charge in [-0.3, -0.25) is 10.1 Å². The second kappa shape index (κ2) is 10.8. The van der Waals surface area contributed by atoms with Gasteiger partial charge in [0.2, 0.25) is 0 Å². The average molecular weight is 469 g/mol. The van der Waals surface area contributed by atoms with Gasteiger partial charge in [0.15, 0.2) is 0 Å². The standard InChI is InChI=1S/C16H18N2O7.C8H9N/c1-5-24-16(20)13-9(3)17-8(2)12(15(19)23-4)14(13)10-6-7-11(25-10)18(21)22;1-2-4-8-6-9-5-7(8)3-1/h6-7,14,17H,5H2,1-4H3;1-4,9H,5-6H2. The number of allylic oxidation sites excluding steroid dienone is 2. The molecule has 34 heavy (non-hydrogen) atoms. The van der Waals surface area contributed by atoms with Crippen LogP contribution in [0, 0.1) is 10.1 Å². The van der Waals surface area contributed by atoms with Gasteiger partial charge >= 0.3 is 17.8 Å². The fourth-order valence-corrected chi connectivity index (χ4v) is 3.97. The minimum Gasteiger partial charge on any atom is -0.466 e. The highest BCUT2D eigenvalue weighted by atomic mass is 16.6. The highest BCUT2D eigenvalue weighted by Gasteiger charge is 2.40. The molecule has 2 aliphatic heterocycles. The Labute approximate surface area is 196 Å². The molecule has 1 aromatic carbocycles. The van der Waals surface area contributed by atoms with Gasteiger partial charge in [0.1, 0.15) is 10.7 Å². The fourth-order valence-electron chi connectivity index (χ4n) is 3.97. The first kappa shape index (κ1) is 24.7. The van der Waals surface area contributed by atoms with Crippen LogP contribution in [0.2, 0.25) is 0 Å². The normalized spacial score (nSPS) is 16.8. The number of methoxy groups -OCH3 is 1. The number of carbonyl (C=O) groups is 2. The summed E-state index contributed by atoms with van der Waals surface area (Å²) in [7, 11) is 1.21. The molecular formula is C24H27N3O7. The van der Waals surface area contributed by atoms with Gasteiger partial charge in [-0.2, -0.15) is 0 Å². The van der Waals surface area contributed by atoms with Gasteiger partial charge in [-0.1, -0.05) is 24.3 Å². The van der Waals surface area contributed by atoms with E-state index in [4.69, 9.17) is 13.9 Å². The molecule has 10 nitrogen and oxygen atoms in total. The Hall–Kier alpha value is -3.92. The van der Waals surface area contributed by atoms with Crippen molar-refractivity contribution in [2.75, 3.05) is 13.7 Å². The summed E-state index contributed by atoms with van der Waals surface area (Å²) in [5.74, 6) is -2.71. The zero-order valence-electron chi connectivity index (χ0n) is 19.5. The van der Waals surface area contributed by atoms with E-state index < -0.39 is 28.7 Å².